The van der Waals surface area contributed by atoms with Crippen LogP contribution >= 0.6 is 0 Å². The number of ketones is 1. The highest BCUT2D eigenvalue weighted by atomic mass is 16.5. The fourth-order valence-electron chi connectivity index (χ4n) is 2.64. The number of likely N-dealkylation sites (tertiary alicyclic amines) is 1. The maximum absolute atomic E-state index is 11.5. The molecule has 3 heteroatoms. The van der Waals surface area contributed by atoms with E-state index < -0.39 is 0 Å². The van der Waals surface area contributed by atoms with Crippen molar-refractivity contribution in [1.82, 2.24) is 4.90 Å². The summed E-state index contributed by atoms with van der Waals surface area (Å²) in [6.07, 6.45) is 3.71. The van der Waals surface area contributed by atoms with Gasteiger partial charge in [0.2, 0.25) is 0 Å². The van der Waals surface area contributed by atoms with Crippen LogP contribution in [0.3, 0.4) is 0 Å². The zero-order chi connectivity index (χ0) is 12.9. The molecule has 0 spiro atoms. The standard InChI is InChI=1S/C14H27NO2/c1-14(2,3)12-6-5-8-15(9-7-12)10-13(16)11-17-4/h12H,5-11H2,1-4H3. The van der Waals surface area contributed by atoms with Gasteiger partial charge in [0.1, 0.15) is 6.61 Å². The van der Waals surface area contributed by atoms with E-state index >= 15 is 0 Å². The molecule has 1 fully saturated rings. The van der Waals surface area contributed by atoms with Gasteiger partial charge in [-0.1, -0.05) is 20.8 Å². The Labute approximate surface area is 106 Å². The highest BCUT2D eigenvalue weighted by Crippen LogP contribution is 2.34. The van der Waals surface area contributed by atoms with Gasteiger partial charge in [-0.15, -0.1) is 0 Å². The summed E-state index contributed by atoms with van der Waals surface area (Å²) in [5, 5.41) is 0. The van der Waals surface area contributed by atoms with E-state index in [-0.39, 0.29) is 12.4 Å². The van der Waals surface area contributed by atoms with Crippen LogP contribution in [-0.4, -0.2) is 44.0 Å². The van der Waals surface area contributed by atoms with Gasteiger partial charge >= 0.3 is 0 Å². The van der Waals surface area contributed by atoms with Crippen molar-refractivity contribution >= 4 is 5.78 Å². The van der Waals surface area contributed by atoms with Crippen LogP contribution in [0.5, 0.6) is 0 Å². The molecule has 0 aromatic heterocycles. The third-order valence-electron chi connectivity index (χ3n) is 3.75. The monoisotopic (exact) mass is 241 g/mol. The maximum Gasteiger partial charge on any atom is 0.172 e. The van der Waals surface area contributed by atoms with E-state index in [2.05, 4.69) is 25.7 Å². The third-order valence-corrected chi connectivity index (χ3v) is 3.75. The molecule has 0 radical (unpaired) electrons. The SMILES string of the molecule is COCC(=O)CN1CCCC(C(C)(C)C)CC1. The molecule has 0 N–H and O–H groups in total. The largest absolute Gasteiger partial charge is 0.377 e. The lowest BCUT2D eigenvalue weighted by molar-refractivity contribution is -0.123. The summed E-state index contributed by atoms with van der Waals surface area (Å²) in [7, 11) is 1.58. The third kappa shape index (κ3) is 5.17. The van der Waals surface area contributed by atoms with Crippen molar-refractivity contribution in [2.45, 2.75) is 40.0 Å². The van der Waals surface area contributed by atoms with E-state index in [1.165, 1.54) is 19.3 Å². The van der Waals surface area contributed by atoms with Gasteiger partial charge in [-0.3, -0.25) is 9.69 Å². The predicted octanol–water partition coefficient (Wildman–Crippen LogP) is 2.35. The molecule has 1 atom stereocenters. The van der Waals surface area contributed by atoms with Gasteiger partial charge in [0, 0.05) is 7.11 Å². The van der Waals surface area contributed by atoms with Crippen molar-refractivity contribution < 1.29 is 9.53 Å². The maximum atomic E-state index is 11.5. The van der Waals surface area contributed by atoms with Crippen molar-refractivity contribution in [1.29, 1.82) is 0 Å². The fourth-order valence-corrected chi connectivity index (χ4v) is 2.64. The Morgan fingerprint density at radius 3 is 2.59 bits per heavy atom. The number of carbonyl (C=O) groups excluding carboxylic acids is 1. The molecule has 0 bridgehead atoms. The van der Waals surface area contributed by atoms with E-state index in [4.69, 9.17) is 4.74 Å². The molecule has 0 amide bonds. The lowest BCUT2D eigenvalue weighted by Crippen LogP contribution is -2.33. The molecule has 1 aliphatic rings. The molecule has 0 aromatic carbocycles. The highest BCUT2D eigenvalue weighted by molar-refractivity contribution is 5.81. The number of ether oxygens (including phenoxy) is 1. The normalized spacial score (nSPS) is 23.4. The Bertz CT molecular complexity index is 245. The lowest BCUT2D eigenvalue weighted by Gasteiger charge is -2.29. The van der Waals surface area contributed by atoms with Crippen molar-refractivity contribution in [2.24, 2.45) is 11.3 Å². The van der Waals surface area contributed by atoms with Gasteiger partial charge in [-0.25, -0.2) is 0 Å². The molecule has 1 unspecified atom stereocenters. The number of methoxy groups -OCH3 is 1. The molecule has 0 saturated carbocycles. The van der Waals surface area contributed by atoms with Gasteiger partial charge < -0.3 is 4.74 Å². The van der Waals surface area contributed by atoms with Gasteiger partial charge in [0.15, 0.2) is 5.78 Å². The van der Waals surface area contributed by atoms with Crippen molar-refractivity contribution in [3.8, 4) is 0 Å². The molecule has 100 valence electrons. The molecule has 1 rings (SSSR count). The second kappa shape index (κ2) is 6.50. The number of nitrogens with zero attached hydrogens (tertiary/aromatic N) is 1. The first-order valence-corrected chi connectivity index (χ1v) is 6.66. The van der Waals surface area contributed by atoms with Gasteiger partial charge in [-0.05, 0) is 43.7 Å². The van der Waals surface area contributed by atoms with Gasteiger partial charge in [0.25, 0.3) is 0 Å². The number of hydrogen-bond donors (Lipinski definition) is 0. The highest BCUT2D eigenvalue weighted by Gasteiger charge is 2.27. The second-order valence-corrected chi connectivity index (χ2v) is 6.24. The average molecular weight is 241 g/mol. The predicted molar refractivity (Wildman–Crippen MR) is 70.1 cm³/mol. The summed E-state index contributed by atoms with van der Waals surface area (Å²) < 4.78 is 4.88. The molecule has 1 heterocycles. The van der Waals surface area contributed by atoms with Crippen molar-refractivity contribution in [3.05, 3.63) is 0 Å². The number of rotatable bonds is 4. The molecule has 0 aromatic rings. The summed E-state index contributed by atoms with van der Waals surface area (Å²) in [6, 6.07) is 0. The summed E-state index contributed by atoms with van der Waals surface area (Å²) in [6.45, 7) is 9.89. The van der Waals surface area contributed by atoms with Gasteiger partial charge in [-0.2, -0.15) is 0 Å². The van der Waals surface area contributed by atoms with E-state index in [1.807, 2.05) is 0 Å². The van der Waals surface area contributed by atoms with Gasteiger partial charge in [0.05, 0.1) is 6.54 Å². The summed E-state index contributed by atoms with van der Waals surface area (Å²) in [5.41, 5.74) is 0.395. The van der Waals surface area contributed by atoms with E-state index in [9.17, 15) is 4.79 Å². The second-order valence-electron chi connectivity index (χ2n) is 6.24. The Morgan fingerprint density at radius 2 is 2.00 bits per heavy atom. The minimum Gasteiger partial charge on any atom is -0.377 e. The Hall–Kier alpha value is -0.410. The first kappa shape index (κ1) is 14.7. The minimum absolute atomic E-state index is 0.196. The molecule has 17 heavy (non-hydrogen) atoms. The Balaban J connectivity index is 2.40. The van der Waals surface area contributed by atoms with E-state index in [0.29, 0.717) is 12.0 Å². The van der Waals surface area contributed by atoms with E-state index in [0.717, 1.165) is 19.0 Å². The first-order chi connectivity index (χ1) is 7.93. The number of hydrogen-bond acceptors (Lipinski definition) is 3. The Kier molecular flexibility index (Phi) is 5.60. The molecular weight excluding hydrogens is 214 g/mol. The number of carbonyl (C=O) groups is 1. The molecular formula is C14H27NO2. The van der Waals surface area contributed by atoms with Crippen LogP contribution in [0.25, 0.3) is 0 Å². The number of Topliss-reactive ketones (excluding diaryl/α,β-unsaturated/α-hetero) is 1. The zero-order valence-electron chi connectivity index (χ0n) is 11.8. The molecule has 0 aliphatic carbocycles. The fraction of sp³-hybridized carbons (Fsp3) is 0.929. The summed E-state index contributed by atoms with van der Waals surface area (Å²) in [5.74, 6) is 0.978. The first-order valence-electron chi connectivity index (χ1n) is 6.66. The van der Waals surface area contributed by atoms with Crippen LogP contribution in [0.1, 0.15) is 40.0 Å². The average Bonchev–Trinajstić information content (AvgIpc) is 2.42. The lowest BCUT2D eigenvalue weighted by atomic mass is 9.77. The van der Waals surface area contributed by atoms with Crippen LogP contribution in [0, 0.1) is 11.3 Å². The molecule has 3 nitrogen and oxygen atoms in total. The minimum atomic E-state index is 0.196. The Morgan fingerprint density at radius 1 is 1.29 bits per heavy atom. The van der Waals surface area contributed by atoms with Crippen LogP contribution < -0.4 is 0 Å². The summed E-state index contributed by atoms with van der Waals surface area (Å²) in [4.78, 5) is 13.8. The summed E-state index contributed by atoms with van der Waals surface area (Å²) >= 11 is 0. The molecule has 1 saturated heterocycles. The smallest absolute Gasteiger partial charge is 0.172 e. The van der Waals surface area contributed by atoms with Crippen molar-refractivity contribution in [2.75, 3.05) is 33.4 Å². The topological polar surface area (TPSA) is 29.5 Å². The van der Waals surface area contributed by atoms with Crippen LogP contribution in [-0.2, 0) is 9.53 Å². The molecule has 1 aliphatic heterocycles. The van der Waals surface area contributed by atoms with Crippen LogP contribution in [0.4, 0.5) is 0 Å². The zero-order valence-corrected chi connectivity index (χ0v) is 11.8. The van der Waals surface area contributed by atoms with Crippen LogP contribution in [0.15, 0.2) is 0 Å². The van der Waals surface area contributed by atoms with Crippen LogP contribution in [0.2, 0.25) is 0 Å². The van der Waals surface area contributed by atoms with E-state index in [1.54, 1.807) is 7.11 Å². The quantitative estimate of drug-likeness (QED) is 0.756. The van der Waals surface area contributed by atoms with Crippen molar-refractivity contribution in [3.63, 3.8) is 0 Å².